The first kappa shape index (κ1) is 15.2. The third-order valence-electron chi connectivity index (χ3n) is 3.60. The van der Waals surface area contributed by atoms with Crippen LogP contribution < -0.4 is 11.1 Å². The molecule has 1 amide bonds. The molecule has 0 spiro atoms. The lowest BCUT2D eigenvalue weighted by molar-refractivity contribution is 0.0941. The minimum atomic E-state index is -0.0804. The molecule has 0 bridgehead atoms. The first-order chi connectivity index (χ1) is 9.99. The lowest BCUT2D eigenvalue weighted by Crippen LogP contribution is -2.29. The first-order valence-electron chi connectivity index (χ1n) is 7.29. The number of hydrogen-bond acceptors (Lipinski definition) is 2. The lowest BCUT2D eigenvalue weighted by atomic mass is 10.0. The molecule has 0 aliphatic rings. The maximum atomic E-state index is 12.3. The third kappa shape index (κ3) is 3.66. The van der Waals surface area contributed by atoms with Gasteiger partial charge in [-0.05, 0) is 31.4 Å². The maximum absolute atomic E-state index is 12.3. The van der Waals surface area contributed by atoms with Gasteiger partial charge in [-0.1, -0.05) is 37.3 Å². The van der Waals surface area contributed by atoms with E-state index in [1.54, 1.807) is 12.3 Å². The van der Waals surface area contributed by atoms with Gasteiger partial charge >= 0.3 is 0 Å². The molecule has 4 heteroatoms. The largest absolute Gasteiger partial charge is 0.397 e. The van der Waals surface area contributed by atoms with Gasteiger partial charge in [0.25, 0.3) is 5.91 Å². The number of carbonyl (C=O) groups is 1. The van der Waals surface area contributed by atoms with E-state index in [9.17, 15) is 4.79 Å². The Morgan fingerprint density at radius 1 is 1.24 bits per heavy atom. The van der Waals surface area contributed by atoms with Crippen LogP contribution in [-0.4, -0.2) is 17.0 Å². The minimum absolute atomic E-state index is 0.0804. The predicted molar refractivity (Wildman–Crippen MR) is 86.4 cm³/mol. The number of nitrogens with zero attached hydrogens (tertiary/aromatic N) is 1. The van der Waals surface area contributed by atoms with Crippen LogP contribution in [0.15, 0.2) is 42.6 Å². The monoisotopic (exact) mass is 285 g/mol. The van der Waals surface area contributed by atoms with E-state index >= 15 is 0 Å². The van der Waals surface area contributed by atoms with Crippen molar-refractivity contribution in [3.63, 3.8) is 0 Å². The van der Waals surface area contributed by atoms with Crippen LogP contribution in [0.2, 0.25) is 0 Å². The van der Waals surface area contributed by atoms with Crippen LogP contribution in [0.3, 0.4) is 0 Å². The minimum Gasteiger partial charge on any atom is -0.397 e. The van der Waals surface area contributed by atoms with E-state index < -0.39 is 0 Å². The molecule has 1 aromatic carbocycles. The fourth-order valence-corrected chi connectivity index (χ4v) is 2.35. The number of amides is 1. The van der Waals surface area contributed by atoms with Crippen LogP contribution in [0.25, 0.3) is 0 Å². The number of anilines is 1. The molecule has 21 heavy (non-hydrogen) atoms. The van der Waals surface area contributed by atoms with Crippen molar-refractivity contribution in [1.82, 2.24) is 9.88 Å². The molecular formula is C17H23N3O. The van der Waals surface area contributed by atoms with Crippen LogP contribution in [0.4, 0.5) is 5.69 Å². The summed E-state index contributed by atoms with van der Waals surface area (Å²) >= 11 is 0. The summed E-state index contributed by atoms with van der Waals surface area (Å²) in [5, 5.41) is 2.99. The number of benzene rings is 1. The van der Waals surface area contributed by atoms with Crippen molar-refractivity contribution < 1.29 is 4.79 Å². The van der Waals surface area contributed by atoms with Crippen LogP contribution in [-0.2, 0) is 0 Å². The van der Waals surface area contributed by atoms with Gasteiger partial charge in [0, 0.05) is 18.8 Å². The summed E-state index contributed by atoms with van der Waals surface area (Å²) in [6.45, 7) is 6.77. The predicted octanol–water partition coefficient (Wildman–Crippen LogP) is 3.18. The molecular weight excluding hydrogens is 262 g/mol. The fourth-order valence-electron chi connectivity index (χ4n) is 2.35. The van der Waals surface area contributed by atoms with Crippen LogP contribution in [0.5, 0.6) is 0 Å². The van der Waals surface area contributed by atoms with Crippen molar-refractivity contribution in [2.24, 2.45) is 0 Å². The number of carbonyl (C=O) groups excluding carboxylic acids is 1. The van der Waals surface area contributed by atoms with Crippen molar-refractivity contribution in [2.45, 2.75) is 32.7 Å². The van der Waals surface area contributed by atoms with Gasteiger partial charge < -0.3 is 15.6 Å². The van der Waals surface area contributed by atoms with Gasteiger partial charge in [0.15, 0.2) is 0 Å². The Hall–Kier alpha value is -2.23. The Morgan fingerprint density at radius 2 is 1.90 bits per heavy atom. The smallest absolute Gasteiger partial charge is 0.268 e. The molecule has 0 radical (unpaired) electrons. The van der Waals surface area contributed by atoms with E-state index in [-0.39, 0.29) is 17.9 Å². The number of nitrogens with two attached hydrogens (primary N) is 1. The molecule has 2 rings (SSSR count). The summed E-state index contributed by atoms with van der Waals surface area (Å²) in [7, 11) is 0. The molecule has 0 aliphatic heterocycles. The molecule has 4 nitrogen and oxygen atoms in total. The average molecular weight is 285 g/mol. The average Bonchev–Trinajstić information content (AvgIpc) is 2.87. The van der Waals surface area contributed by atoms with Crippen molar-refractivity contribution in [3.05, 3.63) is 53.9 Å². The number of rotatable bonds is 5. The zero-order valence-electron chi connectivity index (χ0n) is 12.8. The zero-order valence-corrected chi connectivity index (χ0v) is 12.8. The summed E-state index contributed by atoms with van der Waals surface area (Å²) in [5.74, 6) is 0.193. The highest BCUT2D eigenvalue weighted by atomic mass is 16.1. The molecule has 0 aliphatic carbocycles. The second-order valence-electron chi connectivity index (χ2n) is 5.68. The van der Waals surface area contributed by atoms with Crippen LogP contribution >= 0.6 is 0 Å². The summed E-state index contributed by atoms with van der Waals surface area (Å²) in [6.07, 6.45) is 1.81. The van der Waals surface area contributed by atoms with Crippen molar-refractivity contribution in [1.29, 1.82) is 0 Å². The highest BCUT2D eigenvalue weighted by Crippen LogP contribution is 2.17. The molecule has 0 saturated heterocycles. The molecule has 0 saturated carbocycles. The Kier molecular flexibility index (Phi) is 4.68. The second kappa shape index (κ2) is 6.48. The molecule has 112 valence electrons. The second-order valence-corrected chi connectivity index (χ2v) is 5.68. The van der Waals surface area contributed by atoms with Crippen LogP contribution in [0.1, 0.15) is 48.8 Å². The fraction of sp³-hybridized carbons (Fsp3) is 0.353. The molecule has 1 aromatic heterocycles. The van der Waals surface area contributed by atoms with Gasteiger partial charge in [0.05, 0.1) is 5.69 Å². The van der Waals surface area contributed by atoms with Gasteiger partial charge in [-0.3, -0.25) is 4.79 Å². The molecule has 1 atom stereocenters. The SMILES string of the molecule is CC(CNC(=O)c1cc(N)cn1C(C)C)c1ccccc1. The Balaban J connectivity index is 2.02. The van der Waals surface area contributed by atoms with E-state index in [4.69, 9.17) is 5.73 Å². The Bertz CT molecular complexity index is 602. The highest BCUT2D eigenvalue weighted by Gasteiger charge is 2.15. The maximum Gasteiger partial charge on any atom is 0.268 e. The summed E-state index contributed by atoms with van der Waals surface area (Å²) in [6, 6.07) is 12.1. The number of nitrogen functional groups attached to an aromatic ring is 1. The number of aromatic nitrogens is 1. The van der Waals surface area contributed by atoms with E-state index in [2.05, 4.69) is 24.4 Å². The molecule has 1 unspecified atom stereocenters. The zero-order chi connectivity index (χ0) is 15.4. The van der Waals surface area contributed by atoms with Crippen LogP contribution in [0, 0.1) is 0 Å². The van der Waals surface area contributed by atoms with E-state index in [0.717, 1.165) is 0 Å². The van der Waals surface area contributed by atoms with E-state index in [1.807, 2.05) is 36.6 Å². The van der Waals surface area contributed by atoms with E-state index in [1.165, 1.54) is 5.56 Å². The molecule has 3 N–H and O–H groups in total. The molecule has 2 aromatic rings. The molecule has 0 fully saturated rings. The van der Waals surface area contributed by atoms with Crippen molar-refractivity contribution in [2.75, 3.05) is 12.3 Å². The topological polar surface area (TPSA) is 60.1 Å². The normalized spacial score (nSPS) is 12.4. The van der Waals surface area contributed by atoms with Crippen molar-refractivity contribution >= 4 is 11.6 Å². The van der Waals surface area contributed by atoms with Gasteiger partial charge in [-0.15, -0.1) is 0 Å². The third-order valence-corrected chi connectivity index (χ3v) is 3.60. The summed E-state index contributed by atoms with van der Waals surface area (Å²) in [5.41, 5.74) is 8.25. The standard InChI is InChI=1S/C17H23N3O/c1-12(2)20-11-15(18)9-16(20)17(21)19-10-13(3)14-7-5-4-6-8-14/h4-9,11-13H,10,18H2,1-3H3,(H,19,21). The van der Waals surface area contributed by atoms with Gasteiger partial charge in [-0.25, -0.2) is 0 Å². The van der Waals surface area contributed by atoms with Gasteiger partial charge in [-0.2, -0.15) is 0 Å². The summed E-state index contributed by atoms with van der Waals surface area (Å²) in [4.78, 5) is 12.3. The lowest BCUT2D eigenvalue weighted by Gasteiger charge is -2.15. The van der Waals surface area contributed by atoms with E-state index in [0.29, 0.717) is 17.9 Å². The number of nitrogens with one attached hydrogen (secondary N) is 1. The quantitative estimate of drug-likeness (QED) is 0.886. The number of hydrogen-bond donors (Lipinski definition) is 2. The first-order valence-corrected chi connectivity index (χ1v) is 7.29. The van der Waals surface area contributed by atoms with Gasteiger partial charge in [0.1, 0.15) is 5.69 Å². The Morgan fingerprint density at radius 3 is 2.52 bits per heavy atom. The van der Waals surface area contributed by atoms with Crippen molar-refractivity contribution in [3.8, 4) is 0 Å². The highest BCUT2D eigenvalue weighted by molar-refractivity contribution is 5.93. The summed E-state index contributed by atoms with van der Waals surface area (Å²) < 4.78 is 1.90. The van der Waals surface area contributed by atoms with Gasteiger partial charge in [0.2, 0.25) is 0 Å². The Labute approximate surface area is 126 Å². The molecule has 1 heterocycles.